The molecule has 0 fully saturated rings. The normalized spacial score (nSPS) is 20.7. The van der Waals surface area contributed by atoms with Gasteiger partial charge in [-0.2, -0.15) is 10.1 Å². The monoisotopic (exact) mass is 523 g/mol. The van der Waals surface area contributed by atoms with Gasteiger partial charge in [0.2, 0.25) is 0 Å². The summed E-state index contributed by atoms with van der Waals surface area (Å²) in [5.41, 5.74) is 6.33. The van der Waals surface area contributed by atoms with E-state index in [1.807, 2.05) is 59.6 Å². The van der Waals surface area contributed by atoms with Gasteiger partial charge in [-0.3, -0.25) is 9.59 Å². The molecule has 0 radical (unpaired) electrons. The second kappa shape index (κ2) is 10.6. The van der Waals surface area contributed by atoms with Gasteiger partial charge in [0, 0.05) is 18.4 Å². The van der Waals surface area contributed by atoms with Crippen LogP contribution >= 0.6 is 11.8 Å². The number of rotatable bonds is 6. The number of ether oxygens (including phenoxy) is 1. The standard InChI is InChI=1S/C31H29N3O3S/c1-37-25-15-13-21(14-16-25)26-18-27(22-8-3-2-4-9-22)34(33-26)31-32-30(36)29(38-31)19-28(35)24-12-11-20-7-5-6-10-23(20)17-24/h2-4,8-9,11-17,27,29H,5-7,10,18-19H2,1H3. The minimum atomic E-state index is -0.537. The number of thioether (sulfide) groups is 1. The molecule has 2 heterocycles. The van der Waals surface area contributed by atoms with E-state index in [0.717, 1.165) is 41.9 Å². The van der Waals surface area contributed by atoms with E-state index in [9.17, 15) is 9.59 Å². The Balaban J connectivity index is 1.22. The maximum Gasteiger partial charge on any atom is 0.262 e. The van der Waals surface area contributed by atoms with E-state index in [-0.39, 0.29) is 24.2 Å². The number of amidine groups is 1. The van der Waals surface area contributed by atoms with E-state index >= 15 is 0 Å². The summed E-state index contributed by atoms with van der Waals surface area (Å²) in [7, 11) is 1.65. The molecular formula is C31H29N3O3S. The van der Waals surface area contributed by atoms with Crippen LogP contribution in [-0.4, -0.2) is 39.9 Å². The number of benzene rings is 3. The van der Waals surface area contributed by atoms with Crippen LogP contribution in [0.25, 0.3) is 0 Å². The number of ketones is 1. The Morgan fingerprint density at radius 3 is 2.53 bits per heavy atom. The Bertz CT molecular complexity index is 1430. The Hall–Kier alpha value is -3.71. The van der Waals surface area contributed by atoms with Gasteiger partial charge >= 0.3 is 0 Å². The number of hydrazone groups is 1. The zero-order valence-electron chi connectivity index (χ0n) is 21.3. The van der Waals surface area contributed by atoms with Gasteiger partial charge in [-0.25, -0.2) is 5.01 Å². The molecule has 0 bridgehead atoms. The highest BCUT2D eigenvalue weighted by Gasteiger charge is 2.39. The number of methoxy groups -OCH3 is 1. The first-order valence-electron chi connectivity index (χ1n) is 13.1. The molecule has 6 rings (SSSR count). The molecule has 6 nitrogen and oxygen atoms in total. The van der Waals surface area contributed by atoms with Crippen molar-refractivity contribution in [1.29, 1.82) is 0 Å². The van der Waals surface area contributed by atoms with Crippen molar-refractivity contribution in [3.63, 3.8) is 0 Å². The predicted octanol–water partition coefficient (Wildman–Crippen LogP) is 6.00. The van der Waals surface area contributed by atoms with Crippen molar-refractivity contribution >= 4 is 34.3 Å². The van der Waals surface area contributed by atoms with E-state index in [2.05, 4.69) is 23.2 Å². The quantitative estimate of drug-likeness (QED) is 0.371. The number of hydrogen-bond acceptors (Lipinski definition) is 6. The van der Waals surface area contributed by atoms with E-state index in [1.54, 1.807) is 7.11 Å². The summed E-state index contributed by atoms with van der Waals surface area (Å²) < 4.78 is 5.30. The Kier molecular flexibility index (Phi) is 6.85. The third kappa shape index (κ3) is 4.90. The summed E-state index contributed by atoms with van der Waals surface area (Å²) >= 11 is 1.35. The first kappa shape index (κ1) is 24.6. The Morgan fingerprint density at radius 2 is 1.76 bits per heavy atom. The van der Waals surface area contributed by atoms with E-state index in [0.29, 0.717) is 17.2 Å². The second-order valence-corrected chi connectivity index (χ2v) is 11.1. The number of hydrogen-bond donors (Lipinski definition) is 0. The molecule has 2 unspecified atom stereocenters. The molecule has 0 aromatic heterocycles. The van der Waals surface area contributed by atoms with Crippen LogP contribution in [0, 0.1) is 0 Å². The number of aryl methyl sites for hydroxylation is 2. The van der Waals surface area contributed by atoms with Crippen LogP contribution in [0.2, 0.25) is 0 Å². The fourth-order valence-electron chi connectivity index (χ4n) is 5.38. The van der Waals surface area contributed by atoms with Gasteiger partial charge in [-0.15, -0.1) is 0 Å². The lowest BCUT2D eigenvalue weighted by Crippen LogP contribution is -2.24. The van der Waals surface area contributed by atoms with Gasteiger partial charge in [0.15, 0.2) is 11.0 Å². The van der Waals surface area contributed by atoms with Crippen LogP contribution in [0.4, 0.5) is 0 Å². The minimum Gasteiger partial charge on any atom is -0.497 e. The smallest absolute Gasteiger partial charge is 0.262 e. The van der Waals surface area contributed by atoms with Crippen molar-refractivity contribution in [2.75, 3.05) is 7.11 Å². The third-order valence-corrected chi connectivity index (χ3v) is 8.63. The van der Waals surface area contributed by atoms with Crippen molar-refractivity contribution < 1.29 is 14.3 Å². The van der Waals surface area contributed by atoms with E-state index in [4.69, 9.17) is 9.84 Å². The number of amides is 1. The molecule has 0 spiro atoms. The lowest BCUT2D eigenvalue weighted by molar-refractivity contribution is -0.117. The zero-order chi connectivity index (χ0) is 26.1. The number of nitrogens with zero attached hydrogens (tertiary/aromatic N) is 3. The first-order chi connectivity index (χ1) is 18.6. The van der Waals surface area contributed by atoms with Crippen LogP contribution in [0.1, 0.15) is 64.3 Å². The van der Waals surface area contributed by atoms with E-state index < -0.39 is 5.25 Å². The van der Waals surface area contributed by atoms with Crippen molar-refractivity contribution in [3.8, 4) is 5.75 Å². The largest absolute Gasteiger partial charge is 0.497 e. The Labute approximate surface area is 226 Å². The third-order valence-electron chi connectivity index (χ3n) is 7.48. The van der Waals surface area contributed by atoms with Crippen LogP contribution < -0.4 is 4.74 Å². The van der Waals surface area contributed by atoms with Gasteiger partial charge in [0.1, 0.15) is 11.0 Å². The molecule has 0 N–H and O–H groups in total. The van der Waals surface area contributed by atoms with Gasteiger partial charge in [-0.05, 0) is 78.3 Å². The molecule has 0 saturated heterocycles. The molecule has 0 saturated carbocycles. The molecule has 38 heavy (non-hydrogen) atoms. The number of carbonyl (C=O) groups is 2. The fourth-order valence-corrected chi connectivity index (χ4v) is 6.44. The summed E-state index contributed by atoms with van der Waals surface area (Å²) in [4.78, 5) is 30.5. The van der Waals surface area contributed by atoms with Crippen molar-refractivity contribution in [1.82, 2.24) is 5.01 Å². The molecule has 192 valence electrons. The number of aliphatic imine (C=N–C) groups is 1. The summed E-state index contributed by atoms with van der Waals surface area (Å²) in [5, 5.41) is 6.80. The lowest BCUT2D eigenvalue weighted by atomic mass is 9.89. The molecule has 2 atom stereocenters. The molecular weight excluding hydrogens is 494 g/mol. The van der Waals surface area contributed by atoms with Gasteiger partial charge in [-0.1, -0.05) is 54.2 Å². The maximum absolute atomic E-state index is 13.2. The number of fused-ring (bicyclic) bond motifs is 1. The SMILES string of the molecule is COc1ccc(C2=NN(C3=NC(=O)C(CC(=O)c4ccc5c(c4)CCCC5)S3)C(c3ccccc3)C2)cc1. The second-order valence-electron chi connectivity index (χ2n) is 9.91. The highest BCUT2D eigenvalue weighted by molar-refractivity contribution is 8.15. The van der Waals surface area contributed by atoms with Crippen molar-refractivity contribution in [3.05, 3.63) is 101 Å². The molecule has 1 aliphatic carbocycles. The highest BCUT2D eigenvalue weighted by Crippen LogP contribution is 2.39. The van der Waals surface area contributed by atoms with Gasteiger partial charge in [0.05, 0.1) is 18.9 Å². The number of Topliss-reactive ketones (excluding diaryl/α,β-unsaturated/α-hetero) is 1. The average Bonchev–Trinajstić information content (AvgIpc) is 3.57. The highest BCUT2D eigenvalue weighted by atomic mass is 32.2. The van der Waals surface area contributed by atoms with Crippen LogP contribution in [-0.2, 0) is 17.6 Å². The topological polar surface area (TPSA) is 71.3 Å². The minimum absolute atomic E-state index is 0.0101. The summed E-state index contributed by atoms with van der Waals surface area (Å²) in [6, 6.07) is 23.9. The number of carbonyl (C=O) groups excluding carboxylic acids is 2. The zero-order valence-corrected chi connectivity index (χ0v) is 22.1. The van der Waals surface area contributed by atoms with Crippen molar-refractivity contribution in [2.45, 2.75) is 49.8 Å². The molecule has 1 amide bonds. The van der Waals surface area contributed by atoms with Crippen LogP contribution in [0.5, 0.6) is 5.75 Å². The molecule has 3 aromatic carbocycles. The molecule has 2 aliphatic heterocycles. The maximum atomic E-state index is 13.2. The van der Waals surface area contributed by atoms with Crippen molar-refractivity contribution in [2.24, 2.45) is 10.1 Å². The predicted molar refractivity (Wildman–Crippen MR) is 151 cm³/mol. The summed E-state index contributed by atoms with van der Waals surface area (Å²) in [6.45, 7) is 0. The summed E-state index contributed by atoms with van der Waals surface area (Å²) in [5.74, 6) is 0.511. The van der Waals surface area contributed by atoms with Crippen LogP contribution in [0.15, 0.2) is 82.9 Å². The molecule has 7 heteroatoms. The fraction of sp³-hybridized carbons (Fsp3) is 0.290. The lowest BCUT2D eigenvalue weighted by Gasteiger charge is -2.23. The van der Waals surface area contributed by atoms with Crippen LogP contribution in [0.3, 0.4) is 0 Å². The summed E-state index contributed by atoms with van der Waals surface area (Å²) in [6.07, 6.45) is 5.28. The first-order valence-corrected chi connectivity index (χ1v) is 14.0. The molecule has 3 aliphatic rings. The molecule has 3 aromatic rings. The van der Waals surface area contributed by atoms with Gasteiger partial charge < -0.3 is 4.74 Å². The van der Waals surface area contributed by atoms with Gasteiger partial charge in [0.25, 0.3) is 5.91 Å². The van der Waals surface area contributed by atoms with E-state index in [1.165, 1.54) is 29.3 Å². The Morgan fingerprint density at radius 1 is 1.00 bits per heavy atom. The average molecular weight is 524 g/mol.